The van der Waals surface area contributed by atoms with E-state index in [2.05, 4.69) is 36.7 Å². The molecule has 0 unspecified atom stereocenters. The van der Waals surface area contributed by atoms with E-state index in [1.807, 2.05) is 55.6 Å². The summed E-state index contributed by atoms with van der Waals surface area (Å²) in [5, 5.41) is 9.02. The number of carbonyl (C=O) groups excluding carboxylic acids is 1. The Kier molecular flexibility index (Phi) is 7.39. The molecule has 0 atom stereocenters. The van der Waals surface area contributed by atoms with Crippen molar-refractivity contribution in [1.29, 1.82) is 0 Å². The maximum Gasteiger partial charge on any atom is 0.257 e. The molecule has 0 saturated carbocycles. The van der Waals surface area contributed by atoms with Crippen LogP contribution in [0.2, 0.25) is 0 Å². The number of hydrogen-bond donors (Lipinski definition) is 3. The number of amides is 1. The number of carbonyl (C=O) groups is 1. The monoisotopic (exact) mass is 376 g/mol. The Hall–Kier alpha value is -2.11. The second kappa shape index (κ2) is 8.83. The Morgan fingerprint density at radius 1 is 0.920 bits per heavy atom. The molecule has 6 heteroatoms. The lowest BCUT2D eigenvalue weighted by molar-refractivity contribution is -0.0000136. The van der Waals surface area contributed by atoms with E-state index in [1.54, 1.807) is 0 Å². The van der Waals surface area contributed by atoms with Crippen LogP contribution in [0.3, 0.4) is 0 Å². The summed E-state index contributed by atoms with van der Waals surface area (Å²) >= 11 is 5.20. The van der Waals surface area contributed by atoms with E-state index in [1.165, 1.54) is 5.56 Å². The molecule has 1 amide bonds. The van der Waals surface area contributed by atoms with Gasteiger partial charge >= 0.3 is 0 Å². The molecule has 0 spiro atoms. The summed E-state index contributed by atoms with van der Waals surface area (Å²) in [5.41, 5.74) is 3.66. The van der Waals surface area contributed by atoms with E-state index >= 15 is 0 Å². The van der Waals surface area contributed by atoms with Crippen molar-refractivity contribution >= 4 is 34.6 Å². The molecule has 2 rings (SSSR count). The van der Waals surface area contributed by atoms with E-state index < -0.39 is 0 Å². The number of thiocarbonyl (C=S) groups is 1. The van der Waals surface area contributed by atoms with Gasteiger partial charge in [0.2, 0.25) is 0 Å². The van der Waals surface area contributed by atoms with Crippen LogP contribution in [0.25, 0.3) is 0 Å². The van der Waals surface area contributed by atoms with Crippen LogP contribution in [0.5, 0.6) is 0 Å². The SMILES string of the molecule is CNc1ccc(NC(=S)NC(=O)c2ccc(C(C)(C)C)cc2)cc1.[Cl-]. The zero-order valence-corrected chi connectivity index (χ0v) is 16.4. The first kappa shape index (κ1) is 20.9. The summed E-state index contributed by atoms with van der Waals surface area (Å²) in [5.74, 6) is -0.222. The lowest BCUT2D eigenvalue weighted by atomic mass is 9.87. The van der Waals surface area contributed by atoms with Crippen LogP contribution >= 0.6 is 12.2 Å². The number of benzene rings is 2. The van der Waals surface area contributed by atoms with Crippen LogP contribution in [0.15, 0.2) is 48.5 Å². The van der Waals surface area contributed by atoms with Gasteiger partial charge in [-0.25, -0.2) is 0 Å². The highest BCUT2D eigenvalue weighted by atomic mass is 35.5. The highest BCUT2D eigenvalue weighted by molar-refractivity contribution is 7.80. The minimum atomic E-state index is -0.222. The van der Waals surface area contributed by atoms with Gasteiger partial charge in [-0.15, -0.1) is 0 Å². The number of anilines is 2. The zero-order valence-electron chi connectivity index (χ0n) is 14.8. The fourth-order valence-corrected chi connectivity index (χ4v) is 2.39. The molecule has 0 heterocycles. The number of rotatable bonds is 3. The lowest BCUT2D eigenvalue weighted by Crippen LogP contribution is -3.00. The quantitative estimate of drug-likeness (QED) is 0.704. The molecule has 0 fully saturated rings. The van der Waals surface area contributed by atoms with E-state index in [-0.39, 0.29) is 28.8 Å². The molecule has 2 aromatic carbocycles. The summed E-state index contributed by atoms with van der Waals surface area (Å²) < 4.78 is 0. The fourth-order valence-electron chi connectivity index (χ4n) is 2.18. The molecule has 0 radical (unpaired) electrons. The summed E-state index contributed by atoms with van der Waals surface area (Å²) in [7, 11) is 1.86. The zero-order chi connectivity index (χ0) is 17.7. The van der Waals surface area contributed by atoms with Crippen LogP contribution in [0.1, 0.15) is 36.7 Å². The van der Waals surface area contributed by atoms with Crippen LogP contribution < -0.4 is 28.4 Å². The molecule has 134 valence electrons. The maximum atomic E-state index is 12.3. The van der Waals surface area contributed by atoms with Crippen molar-refractivity contribution in [2.75, 3.05) is 17.7 Å². The predicted octanol–water partition coefficient (Wildman–Crippen LogP) is 1.16. The number of nitrogens with one attached hydrogen (secondary N) is 3. The van der Waals surface area contributed by atoms with Gasteiger partial charge in [-0.2, -0.15) is 0 Å². The van der Waals surface area contributed by atoms with Gasteiger partial charge in [-0.05, 0) is 59.6 Å². The predicted molar refractivity (Wildman–Crippen MR) is 105 cm³/mol. The van der Waals surface area contributed by atoms with E-state index in [4.69, 9.17) is 12.2 Å². The van der Waals surface area contributed by atoms with Crippen molar-refractivity contribution < 1.29 is 17.2 Å². The van der Waals surface area contributed by atoms with Gasteiger partial charge in [-0.3, -0.25) is 10.1 Å². The Morgan fingerprint density at radius 2 is 1.44 bits per heavy atom. The van der Waals surface area contributed by atoms with Crippen molar-refractivity contribution in [3.05, 3.63) is 59.7 Å². The second-order valence-electron chi connectivity index (χ2n) is 6.56. The first-order valence-electron chi connectivity index (χ1n) is 7.80. The molecule has 0 aliphatic heterocycles. The van der Waals surface area contributed by atoms with Gasteiger partial charge in [0.05, 0.1) is 0 Å². The van der Waals surface area contributed by atoms with E-state index in [9.17, 15) is 4.79 Å². The number of hydrogen-bond acceptors (Lipinski definition) is 3. The third-order valence-electron chi connectivity index (χ3n) is 3.67. The van der Waals surface area contributed by atoms with Gasteiger partial charge in [0.1, 0.15) is 0 Å². The van der Waals surface area contributed by atoms with E-state index in [0.29, 0.717) is 5.56 Å². The van der Waals surface area contributed by atoms with Crippen molar-refractivity contribution in [2.45, 2.75) is 26.2 Å². The van der Waals surface area contributed by atoms with Crippen LogP contribution in [-0.2, 0) is 5.41 Å². The van der Waals surface area contributed by atoms with Crippen LogP contribution in [0.4, 0.5) is 11.4 Å². The van der Waals surface area contributed by atoms with E-state index in [0.717, 1.165) is 11.4 Å². The summed E-state index contributed by atoms with van der Waals surface area (Å²) in [6, 6.07) is 15.2. The van der Waals surface area contributed by atoms with Crippen LogP contribution in [0, 0.1) is 0 Å². The standard InChI is InChI=1S/C19H23N3OS.ClH/c1-19(2,3)14-7-5-13(6-8-14)17(23)22-18(24)21-16-11-9-15(20-4)10-12-16;/h5-12,20H,1-4H3,(H2,21,22,23,24);1H/p-1. The summed E-state index contributed by atoms with van der Waals surface area (Å²) in [6.45, 7) is 6.42. The topological polar surface area (TPSA) is 53.2 Å². The first-order valence-corrected chi connectivity index (χ1v) is 8.21. The minimum Gasteiger partial charge on any atom is -1.00 e. The van der Waals surface area contributed by atoms with Crippen molar-refractivity contribution in [3.8, 4) is 0 Å². The lowest BCUT2D eigenvalue weighted by Gasteiger charge is -2.19. The molecule has 0 saturated heterocycles. The molecule has 0 bridgehead atoms. The van der Waals surface area contributed by atoms with Gasteiger partial charge in [0.15, 0.2) is 5.11 Å². The largest absolute Gasteiger partial charge is 1.00 e. The van der Waals surface area contributed by atoms with Crippen molar-refractivity contribution in [3.63, 3.8) is 0 Å². The molecule has 4 nitrogen and oxygen atoms in total. The maximum absolute atomic E-state index is 12.3. The molecule has 0 aliphatic rings. The van der Waals surface area contributed by atoms with Gasteiger partial charge in [0, 0.05) is 24.0 Å². The Balaban J connectivity index is 0.00000312. The smallest absolute Gasteiger partial charge is 0.257 e. The normalized spacial score (nSPS) is 10.4. The molecule has 2 aromatic rings. The summed E-state index contributed by atoms with van der Waals surface area (Å²) in [4.78, 5) is 12.3. The first-order chi connectivity index (χ1) is 11.3. The van der Waals surface area contributed by atoms with Gasteiger partial charge < -0.3 is 23.0 Å². The Labute approximate surface area is 160 Å². The average molecular weight is 377 g/mol. The van der Waals surface area contributed by atoms with Crippen molar-refractivity contribution in [1.82, 2.24) is 5.32 Å². The van der Waals surface area contributed by atoms with Crippen molar-refractivity contribution in [2.24, 2.45) is 0 Å². The average Bonchev–Trinajstić information content (AvgIpc) is 2.54. The highest BCUT2D eigenvalue weighted by Crippen LogP contribution is 2.22. The van der Waals surface area contributed by atoms with Crippen LogP contribution in [-0.4, -0.2) is 18.1 Å². The van der Waals surface area contributed by atoms with Gasteiger partial charge in [0.25, 0.3) is 5.91 Å². The third kappa shape index (κ3) is 6.03. The van der Waals surface area contributed by atoms with Gasteiger partial charge in [-0.1, -0.05) is 32.9 Å². The Morgan fingerprint density at radius 3 is 1.92 bits per heavy atom. The highest BCUT2D eigenvalue weighted by Gasteiger charge is 2.14. The molecule has 0 aromatic heterocycles. The third-order valence-corrected chi connectivity index (χ3v) is 3.88. The fraction of sp³-hybridized carbons (Fsp3) is 0.263. The molecule has 0 aliphatic carbocycles. The summed E-state index contributed by atoms with van der Waals surface area (Å²) in [6.07, 6.45) is 0. The second-order valence-corrected chi connectivity index (χ2v) is 6.97. The number of halogens is 1. The molecular weight excluding hydrogens is 354 g/mol. The molecule has 25 heavy (non-hydrogen) atoms. The minimum absolute atomic E-state index is 0. The Bertz CT molecular complexity index is 722. The molecule has 3 N–H and O–H groups in total. The molecular formula is C19H23ClN3OS-.